The van der Waals surface area contributed by atoms with Crippen molar-refractivity contribution < 1.29 is 13.2 Å². The predicted molar refractivity (Wildman–Crippen MR) is 166 cm³/mol. The molecule has 41 heavy (non-hydrogen) atoms. The normalized spacial score (nSPS) is 16.7. The number of aryl methyl sites for hydroxylation is 1. The predicted octanol–water partition coefficient (Wildman–Crippen LogP) is 5.50. The first-order chi connectivity index (χ1) is 19.5. The molecule has 3 aromatic rings. The van der Waals surface area contributed by atoms with Crippen LogP contribution in [0.3, 0.4) is 0 Å². The van der Waals surface area contributed by atoms with E-state index in [9.17, 15) is 8.42 Å². The zero-order valence-corrected chi connectivity index (χ0v) is 25.4. The summed E-state index contributed by atoms with van der Waals surface area (Å²) in [4.78, 5) is 14.0. The number of sulfonamides is 1. The Morgan fingerprint density at radius 3 is 2.39 bits per heavy atom. The third kappa shape index (κ3) is 7.02. The molecular weight excluding hydrogens is 538 g/mol. The van der Waals surface area contributed by atoms with Crippen LogP contribution in [0.25, 0.3) is 0 Å². The SMILES string of the molecule is Cc1cnc(Nc2ccc(N3CCN(C)CC3)cc2OC2CCC2)nc1Nc1cccc(NS(=O)(=O)C(C)(C)C)c1. The summed E-state index contributed by atoms with van der Waals surface area (Å²) in [7, 11) is -1.39. The molecule has 1 aromatic heterocycles. The van der Waals surface area contributed by atoms with Gasteiger partial charge in [0.1, 0.15) is 11.6 Å². The molecule has 0 spiro atoms. The van der Waals surface area contributed by atoms with Gasteiger partial charge in [-0.25, -0.2) is 13.4 Å². The second-order valence-electron chi connectivity index (χ2n) is 11.9. The molecule has 11 heteroatoms. The molecule has 10 nitrogen and oxygen atoms in total. The van der Waals surface area contributed by atoms with Crippen LogP contribution in [0.2, 0.25) is 0 Å². The molecule has 2 aromatic carbocycles. The van der Waals surface area contributed by atoms with Gasteiger partial charge in [-0.1, -0.05) is 6.07 Å². The van der Waals surface area contributed by atoms with Crippen LogP contribution in [0.15, 0.2) is 48.7 Å². The Balaban J connectivity index is 1.35. The van der Waals surface area contributed by atoms with Gasteiger partial charge in [-0.2, -0.15) is 4.98 Å². The van der Waals surface area contributed by atoms with Gasteiger partial charge >= 0.3 is 0 Å². The molecule has 0 radical (unpaired) electrons. The molecule has 1 saturated carbocycles. The highest BCUT2D eigenvalue weighted by molar-refractivity contribution is 7.94. The first-order valence-corrected chi connectivity index (χ1v) is 15.7. The van der Waals surface area contributed by atoms with Crippen LogP contribution in [-0.2, 0) is 10.0 Å². The fraction of sp³-hybridized carbons (Fsp3) is 0.467. The second kappa shape index (κ2) is 11.7. The maximum atomic E-state index is 12.6. The fourth-order valence-electron chi connectivity index (χ4n) is 4.50. The second-order valence-corrected chi connectivity index (χ2v) is 14.4. The highest BCUT2D eigenvalue weighted by Crippen LogP contribution is 2.36. The van der Waals surface area contributed by atoms with Crippen LogP contribution in [0.1, 0.15) is 45.6 Å². The summed E-state index contributed by atoms with van der Waals surface area (Å²) in [6.07, 6.45) is 5.32. The monoisotopic (exact) mass is 579 g/mol. The molecule has 1 aliphatic heterocycles. The molecular formula is C30H41N7O3S. The van der Waals surface area contributed by atoms with Gasteiger partial charge in [0, 0.05) is 55.4 Å². The van der Waals surface area contributed by atoms with Crippen molar-refractivity contribution >= 4 is 44.5 Å². The number of benzene rings is 2. The summed E-state index contributed by atoms with van der Waals surface area (Å²) in [5, 5.41) is 6.69. The molecule has 0 bridgehead atoms. The zero-order valence-electron chi connectivity index (χ0n) is 24.6. The van der Waals surface area contributed by atoms with Crippen molar-refractivity contribution in [3.63, 3.8) is 0 Å². The molecule has 2 heterocycles. The van der Waals surface area contributed by atoms with Gasteiger partial charge in [0.05, 0.1) is 22.2 Å². The average Bonchev–Trinajstić information content (AvgIpc) is 2.89. The standard InChI is InChI=1S/C30H41N7O3S/c1-21-20-31-29(34-28(21)32-22-8-6-9-23(18-22)35-41(38,39)30(2,3)4)33-26-13-12-24(37-16-14-36(5)15-17-37)19-27(26)40-25-10-7-11-25/h6,8-9,12-13,18-20,25,35H,7,10-11,14-17H2,1-5H3,(H2,31,32,33,34). The molecule has 3 N–H and O–H groups in total. The van der Waals surface area contributed by atoms with E-state index in [1.165, 1.54) is 6.42 Å². The number of likely N-dealkylation sites (N-methyl/N-ethyl adjacent to an activating group) is 1. The summed E-state index contributed by atoms with van der Waals surface area (Å²) >= 11 is 0. The highest BCUT2D eigenvalue weighted by Gasteiger charge is 2.29. The Hall–Kier alpha value is -3.57. The van der Waals surface area contributed by atoms with Crippen molar-refractivity contribution in [3.05, 3.63) is 54.2 Å². The van der Waals surface area contributed by atoms with E-state index in [0.717, 1.165) is 61.7 Å². The lowest BCUT2D eigenvalue weighted by Crippen LogP contribution is -2.44. The van der Waals surface area contributed by atoms with E-state index in [4.69, 9.17) is 9.72 Å². The van der Waals surface area contributed by atoms with Gasteiger partial charge in [0.2, 0.25) is 16.0 Å². The minimum Gasteiger partial charge on any atom is -0.488 e. The highest BCUT2D eigenvalue weighted by atomic mass is 32.2. The molecule has 2 aliphatic rings. The first kappa shape index (κ1) is 28.9. The lowest BCUT2D eigenvalue weighted by molar-refractivity contribution is 0.121. The van der Waals surface area contributed by atoms with E-state index in [-0.39, 0.29) is 6.10 Å². The van der Waals surface area contributed by atoms with Gasteiger partial charge < -0.3 is 25.2 Å². The molecule has 2 fully saturated rings. The van der Waals surface area contributed by atoms with Crippen molar-refractivity contribution in [2.75, 3.05) is 53.5 Å². The lowest BCUT2D eigenvalue weighted by Gasteiger charge is -2.35. The maximum Gasteiger partial charge on any atom is 0.237 e. The van der Waals surface area contributed by atoms with Crippen molar-refractivity contribution in [2.24, 2.45) is 0 Å². The third-order valence-corrected chi connectivity index (χ3v) is 9.70. The number of rotatable bonds is 9. The fourth-order valence-corrected chi connectivity index (χ4v) is 5.24. The Labute approximate surface area is 243 Å². The molecule has 220 valence electrons. The molecule has 0 atom stereocenters. The minimum absolute atomic E-state index is 0.234. The first-order valence-electron chi connectivity index (χ1n) is 14.2. The number of aromatic nitrogens is 2. The van der Waals surface area contributed by atoms with Crippen molar-refractivity contribution in [1.29, 1.82) is 0 Å². The van der Waals surface area contributed by atoms with E-state index in [2.05, 4.69) is 49.3 Å². The van der Waals surface area contributed by atoms with E-state index in [1.807, 2.05) is 19.1 Å². The Morgan fingerprint density at radius 2 is 1.71 bits per heavy atom. The molecule has 0 amide bonds. The van der Waals surface area contributed by atoms with Gasteiger partial charge in [-0.3, -0.25) is 4.72 Å². The summed E-state index contributed by atoms with van der Waals surface area (Å²) in [5.41, 5.74) is 4.02. The summed E-state index contributed by atoms with van der Waals surface area (Å²) in [6.45, 7) is 11.0. The average molecular weight is 580 g/mol. The van der Waals surface area contributed by atoms with E-state index in [0.29, 0.717) is 23.1 Å². The van der Waals surface area contributed by atoms with Crippen molar-refractivity contribution in [1.82, 2.24) is 14.9 Å². The van der Waals surface area contributed by atoms with E-state index < -0.39 is 14.8 Å². The summed E-state index contributed by atoms with van der Waals surface area (Å²) < 4.78 is 33.4. The Morgan fingerprint density at radius 1 is 0.976 bits per heavy atom. The van der Waals surface area contributed by atoms with Gasteiger partial charge in [0.25, 0.3) is 0 Å². The number of ether oxygens (including phenoxy) is 1. The van der Waals surface area contributed by atoms with E-state index >= 15 is 0 Å². The van der Waals surface area contributed by atoms with Gasteiger partial charge in [0.15, 0.2) is 0 Å². The van der Waals surface area contributed by atoms with Gasteiger partial charge in [-0.05, 0) is 84.3 Å². The van der Waals surface area contributed by atoms with Crippen LogP contribution in [-0.4, -0.2) is 67.4 Å². The quantitative estimate of drug-likeness (QED) is 0.303. The largest absolute Gasteiger partial charge is 0.488 e. The molecule has 1 saturated heterocycles. The van der Waals surface area contributed by atoms with Crippen LogP contribution >= 0.6 is 0 Å². The zero-order chi connectivity index (χ0) is 29.2. The van der Waals surface area contributed by atoms with E-state index in [1.54, 1.807) is 45.2 Å². The van der Waals surface area contributed by atoms with Gasteiger partial charge in [-0.15, -0.1) is 0 Å². The molecule has 1 aliphatic carbocycles. The molecule has 0 unspecified atom stereocenters. The van der Waals surface area contributed by atoms with Crippen LogP contribution < -0.4 is 25.0 Å². The molecule has 5 rings (SSSR count). The van der Waals surface area contributed by atoms with Crippen LogP contribution in [0, 0.1) is 6.92 Å². The number of piperazine rings is 1. The Bertz CT molecular complexity index is 1480. The number of hydrogen-bond donors (Lipinski definition) is 3. The minimum atomic E-state index is -3.54. The van der Waals surface area contributed by atoms with Crippen LogP contribution in [0.4, 0.5) is 34.5 Å². The summed E-state index contributed by atoms with van der Waals surface area (Å²) in [5.74, 6) is 1.87. The van der Waals surface area contributed by atoms with Crippen LogP contribution in [0.5, 0.6) is 5.75 Å². The lowest BCUT2D eigenvalue weighted by atomic mass is 9.96. The number of nitrogens with zero attached hydrogens (tertiary/aromatic N) is 4. The van der Waals surface area contributed by atoms with Crippen molar-refractivity contribution in [2.45, 2.75) is 57.8 Å². The maximum absolute atomic E-state index is 12.6. The third-order valence-electron chi connectivity index (χ3n) is 7.58. The summed E-state index contributed by atoms with van der Waals surface area (Å²) in [6, 6.07) is 13.4. The topological polar surface area (TPSA) is 112 Å². The smallest absolute Gasteiger partial charge is 0.237 e. The number of anilines is 6. The number of hydrogen-bond acceptors (Lipinski definition) is 9. The Kier molecular flexibility index (Phi) is 8.28. The van der Waals surface area contributed by atoms with Crippen molar-refractivity contribution in [3.8, 4) is 5.75 Å². The number of nitrogens with one attached hydrogen (secondary N) is 3.